The summed E-state index contributed by atoms with van der Waals surface area (Å²) in [5, 5.41) is 0. The highest BCUT2D eigenvalue weighted by Crippen LogP contribution is 2.24. The highest BCUT2D eigenvalue weighted by atomic mass is 32.2. The maximum absolute atomic E-state index is 10.9. The van der Waals surface area contributed by atoms with Crippen molar-refractivity contribution in [2.75, 3.05) is 6.26 Å². The van der Waals surface area contributed by atoms with E-state index in [1.807, 2.05) is 0 Å². The molecule has 1 amide bonds. The third-order valence-corrected chi connectivity index (χ3v) is 3.27. The van der Waals surface area contributed by atoms with E-state index in [0.717, 1.165) is 6.26 Å². The van der Waals surface area contributed by atoms with Gasteiger partial charge in [-0.3, -0.25) is 4.79 Å². The van der Waals surface area contributed by atoms with Crippen molar-refractivity contribution >= 4 is 15.9 Å². The van der Waals surface area contributed by atoms with Crippen LogP contribution in [0.5, 0.6) is 0 Å². The first-order valence-corrected chi connectivity index (χ1v) is 6.54. The fourth-order valence-electron chi connectivity index (χ4n) is 1.80. The van der Waals surface area contributed by atoms with Crippen LogP contribution in [0.15, 0.2) is 0 Å². The molecule has 1 rings (SSSR count). The first-order chi connectivity index (χ1) is 6.38. The van der Waals surface area contributed by atoms with Gasteiger partial charge in [0.05, 0.1) is 6.26 Å². The van der Waals surface area contributed by atoms with Crippen molar-refractivity contribution in [3.8, 4) is 0 Å². The lowest BCUT2D eigenvalue weighted by Gasteiger charge is -2.26. The Kier molecular flexibility index (Phi) is 3.49. The van der Waals surface area contributed by atoms with Gasteiger partial charge in [-0.05, 0) is 25.7 Å². The lowest BCUT2D eigenvalue weighted by atomic mass is 9.86. The SMILES string of the molecule is CS(=O)(=O)NC1CCC(C(N)=O)CC1. The monoisotopic (exact) mass is 220 g/mol. The van der Waals surface area contributed by atoms with E-state index >= 15 is 0 Å². The van der Waals surface area contributed by atoms with E-state index in [4.69, 9.17) is 5.73 Å². The standard InChI is InChI=1S/C8H16N2O3S/c1-14(12,13)10-7-4-2-6(3-5-7)8(9)11/h6-7,10H,2-5H2,1H3,(H2,9,11). The van der Waals surface area contributed by atoms with Gasteiger partial charge in [0.2, 0.25) is 15.9 Å². The molecule has 0 aromatic carbocycles. The van der Waals surface area contributed by atoms with Crippen molar-refractivity contribution < 1.29 is 13.2 Å². The van der Waals surface area contributed by atoms with Gasteiger partial charge in [-0.15, -0.1) is 0 Å². The summed E-state index contributed by atoms with van der Waals surface area (Å²) in [5.74, 6) is -0.351. The van der Waals surface area contributed by atoms with E-state index in [0.29, 0.717) is 25.7 Å². The molecule has 0 aliphatic heterocycles. The summed E-state index contributed by atoms with van der Waals surface area (Å²) >= 11 is 0. The molecule has 1 fully saturated rings. The Hall–Kier alpha value is -0.620. The van der Waals surface area contributed by atoms with Gasteiger partial charge in [0.25, 0.3) is 0 Å². The smallest absolute Gasteiger partial charge is 0.220 e. The van der Waals surface area contributed by atoms with Crippen LogP contribution in [0.25, 0.3) is 0 Å². The van der Waals surface area contributed by atoms with E-state index in [1.54, 1.807) is 0 Å². The molecule has 0 spiro atoms. The van der Waals surface area contributed by atoms with Gasteiger partial charge in [0, 0.05) is 12.0 Å². The second kappa shape index (κ2) is 4.27. The predicted molar refractivity (Wildman–Crippen MR) is 52.9 cm³/mol. The Bertz CT molecular complexity index is 305. The van der Waals surface area contributed by atoms with Crippen LogP contribution in [0, 0.1) is 5.92 Å². The Morgan fingerprint density at radius 1 is 1.29 bits per heavy atom. The summed E-state index contributed by atoms with van der Waals surface area (Å²) < 4.78 is 24.4. The van der Waals surface area contributed by atoms with Crippen LogP contribution in [0.4, 0.5) is 0 Å². The number of primary amides is 1. The lowest BCUT2D eigenvalue weighted by molar-refractivity contribution is -0.122. The van der Waals surface area contributed by atoms with E-state index in [9.17, 15) is 13.2 Å². The third kappa shape index (κ3) is 3.63. The van der Waals surface area contributed by atoms with E-state index in [1.165, 1.54) is 0 Å². The van der Waals surface area contributed by atoms with Crippen molar-refractivity contribution in [1.82, 2.24) is 4.72 Å². The average Bonchev–Trinajstić information content (AvgIpc) is 2.02. The number of rotatable bonds is 3. The molecule has 14 heavy (non-hydrogen) atoms. The van der Waals surface area contributed by atoms with Crippen molar-refractivity contribution in [3.63, 3.8) is 0 Å². The molecule has 0 atom stereocenters. The molecule has 1 aliphatic carbocycles. The predicted octanol–water partition coefficient (Wildman–Crippen LogP) is -0.420. The van der Waals surface area contributed by atoms with Crippen LogP contribution < -0.4 is 10.5 Å². The molecule has 82 valence electrons. The first-order valence-electron chi connectivity index (χ1n) is 4.65. The van der Waals surface area contributed by atoms with Gasteiger partial charge in [0.15, 0.2) is 0 Å². The molecule has 3 N–H and O–H groups in total. The largest absolute Gasteiger partial charge is 0.369 e. The topological polar surface area (TPSA) is 89.3 Å². The average molecular weight is 220 g/mol. The number of carbonyl (C=O) groups is 1. The van der Waals surface area contributed by atoms with Gasteiger partial charge in [-0.25, -0.2) is 13.1 Å². The van der Waals surface area contributed by atoms with Crippen LogP contribution in [-0.4, -0.2) is 26.6 Å². The van der Waals surface area contributed by atoms with E-state index in [2.05, 4.69) is 4.72 Å². The summed E-state index contributed by atoms with van der Waals surface area (Å²) in [4.78, 5) is 10.8. The summed E-state index contributed by atoms with van der Waals surface area (Å²) in [6.45, 7) is 0. The minimum Gasteiger partial charge on any atom is -0.369 e. The molecular formula is C8H16N2O3S. The molecule has 5 nitrogen and oxygen atoms in total. The molecular weight excluding hydrogens is 204 g/mol. The van der Waals surface area contributed by atoms with Crippen molar-refractivity contribution in [2.45, 2.75) is 31.7 Å². The van der Waals surface area contributed by atoms with Gasteiger partial charge < -0.3 is 5.73 Å². The first kappa shape index (κ1) is 11.5. The summed E-state index contributed by atoms with van der Waals surface area (Å²) in [5.41, 5.74) is 5.16. The highest BCUT2D eigenvalue weighted by molar-refractivity contribution is 7.88. The van der Waals surface area contributed by atoms with E-state index < -0.39 is 10.0 Å². The zero-order chi connectivity index (χ0) is 10.8. The minimum atomic E-state index is -3.13. The second-order valence-electron chi connectivity index (χ2n) is 3.84. The number of sulfonamides is 1. The number of nitrogens with one attached hydrogen (secondary N) is 1. The van der Waals surface area contributed by atoms with Gasteiger partial charge >= 0.3 is 0 Å². The Morgan fingerprint density at radius 3 is 2.14 bits per heavy atom. The molecule has 0 bridgehead atoms. The highest BCUT2D eigenvalue weighted by Gasteiger charge is 2.25. The molecule has 1 aliphatic rings. The number of carbonyl (C=O) groups excluding carboxylic acids is 1. The summed E-state index contributed by atoms with van der Waals surface area (Å²) in [6.07, 6.45) is 3.90. The Balaban J connectivity index is 2.40. The van der Waals surface area contributed by atoms with Gasteiger partial charge in [-0.2, -0.15) is 0 Å². The zero-order valence-electron chi connectivity index (χ0n) is 8.19. The van der Waals surface area contributed by atoms with Gasteiger partial charge in [0.1, 0.15) is 0 Å². The quantitative estimate of drug-likeness (QED) is 0.677. The van der Waals surface area contributed by atoms with Crippen molar-refractivity contribution in [1.29, 1.82) is 0 Å². The van der Waals surface area contributed by atoms with Crippen LogP contribution in [-0.2, 0) is 14.8 Å². The number of amides is 1. The minimum absolute atomic E-state index is 0.0272. The van der Waals surface area contributed by atoms with Crippen molar-refractivity contribution in [3.05, 3.63) is 0 Å². The molecule has 0 saturated heterocycles. The van der Waals surface area contributed by atoms with E-state index in [-0.39, 0.29) is 17.9 Å². The molecule has 0 aromatic rings. The fourth-order valence-corrected chi connectivity index (χ4v) is 2.64. The Morgan fingerprint density at radius 2 is 1.79 bits per heavy atom. The van der Waals surface area contributed by atoms with Crippen LogP contribution in [0.2, 0.25) is 0 Å². The maximum Gasteiger partial charge on any atom is 0.220 e. The molecule has 0 radical (unpaired) electrons. The van der Waals surface area contributed by atoms with Crippen LogP contribution in [0.1, 0.15) is 25.7 Å². The Labute approximate surface area is 84.1 Å². The number of hydrogen-bond donors (Lipinski definition) is 2. The number of hydrogen-bond acceptors (Lipinski definition) is 3. The third-order valence-electron chi connectivity index (χ3n) is 2.51. The summed E-state index contributed by atoms with van der Waals surface area (Å²) in [6, 6.07) is -0.0272. The van der Waals surface area contributed by atoms with Crippen LogP contribution in [0.3, 0.4) is 0 Å². The molecule has 6 heteroatoms. The fraction of sp³-hybridized carbons (Fsp3) is 0.875. The molecule has 0 aromatic heterocycles. The second-order valence-corrected chi connectivity index (χ2v) is 5.62. The molecule has 0 heterocycles. The van der Waals surface area contributed by atoms with Crippen molar-refractivity contribution in [2.24, 2.45) is 11.7 Å². The molecule has 0 unspecified atom stereocenters. The summed E-state index contributed by atoms with van der Waals surface area (Å²) in [7, 11) is -3.13. The van der Waals surface area contributed by atoms with Gasteiger partial charge in [-0.1, -0.05) is 0 Å². The number of nitrogens with two attached hydrogens (primary N) is 1. The molecule has 1 saturated carbocycles. The lowest BCUT2D eigenvalue weighted by Crippen LogP contribution is -2.39. The maximum atomic E-state index is 10.9. The van der Waals surface area contributed by atoms with Crippen LogP contribution >= 0.6 is 0 Å². The zero-order valence-corrected chi connectivity index (χ0v) is 9.01. The normalized spacial score (nSPS) is 28.6.